The van der Waals surface area contributed by atoms with Gasteiger partial charge in [-0.1, -0.05) is 54.2 Å². The second-order valence-corrected chi connectivity index (χ2v) is 12.3. The number of fused-ring (bicyclic) bond motifs is 2. The molecule has 4 aromatic rings. The Bertz CT molecular complexity index is 1680. The molecule has 1 aliphatic rings. The van der Waals surface area contributed by atoms with Crippen LogP contribution in [0.4, 0.5) is 5.69 Å². The molecule has 10 heteroatoms. The van der Waals surface area contributed by atoms with E-state index in [1.165, 1.54) is 23.9 Å². The Hall–Kier alpha value is -3.47. The lowest BCUT2D eigenvalue weighted by molar-refractivity contribution is -0.118. The van der Waals surface area contributed by atoms with Crippen LogP contribution in [0.3, 0.4) is 0 Å². The zero-order chi connectivity index (χ0) is 27.0. The molecule has 2 heterocycles. The Morgan fingerprint density at radius 1 is 1.08 bits per heavy atom. The van der Waals surface area contributed by atoms with E-state index in [-0.39, 0.29) is 22.4 Å². The molecule has 3 aromatic carbocycles. The van der Waals surface area contributed by atoms with Gasteiger partial charge >= 0.3 is 0 Å². The lowest BCUT2D eigenvalue weighted by Gasteiger charge is -2.26. The predicted molar refractivity (Wildman–Crippen MR) is 150 cm³/mol. The highest BCUT2D eigenvalue weighted by Crippen LogP contribution is 2.34. The Balaban J connectivity index is 1.44. The largest absolute Gasteiger partial charge is 0.308 e. The molecular formula is C28H28N4O4S2. The van der Waals surface area contributed by atoms with Gasteiger partial charge in [0.2, 0.25) is 15.9 Å². The molecule has 1 aliphatic heterocycles. The van der Waals surface area contributed by atoms with Crippen LogP contribution in [0.25, 0.3) is 10.9 Å². The van der Waals surface area contributed by atoms with Crippen LogP contribution >= 0.6 is 11.8 Å². The molecule has 2 atom stereocenters. The minimum atomic E-state index is -3.78. The van der Waals surface area contributed by atoms with Crippen LogP contribution in [0, 0.1) is 0 Å². The van der Waals surface area contributed by atoms with Crippen LogP contribution in [0.2, 0.25) is 0 Å². The summed E-state index contributed by atoms with van der Waals surface area (Å²) in [5.41, 5.74) is 3.33. The molecular weight excluding hydrogens is 520 g/mol. The number of hydrogen-bond acceptors (Lipinski definition) is 6. The number of rotatable bonds is 7. The van der Waals surface area contributed by atoms with Crippen molar-refractivity contribution in [3.8, 4) is 0 Å². The van der Waals surface area contributed by atoms with E-state index in [0.29, 0.717) is 29.0 Å². The summed E-state index contributed by atoms with van der Waals surface area (Å²) in [7, 11) is -3.78. The van der Waals surface area contributed by atoms with Gasteiger partial charge in [-0.3, -0.25) is 14.2 Å². The number of benzene rings is 3. The van der Waals surface area contributed by atoms with Crippen molar-refractivity contribution in [1.82, 2.24) is 9.55 Å². The molecule has 38 heavy (non-hydrogen) atoms. The molecule has 8 nitrogen and oxygen atoms in total. The van der Waals surface area contributed by atoms with Crippen molar-refractivity contribution in [1.29, 1.82) is 0 Å². The van der Waals surface area contributed by atoms with Crippen molar-refractivity contribution >= 4 is 44.3 Å². The molecule has 1 amide bonds. The Morgan fingerprint density at radius 2 is 1.76 bits per heavy atom. The van der Waals surface area contributed by atoms with Gasteiger partial charge in [0.15, 0.2) is 5.16 Å². The first-order valence-electron chi connectivity index (χ1n) is 12.3. The number of carbonyl (C=O) groups excluding carboxylic acids is 1. The van der Waals surface area contributed by atoms with Gasteiger partial charge in [-0.05, 0) is 68.1 Å². The second kappa shape index (κ2) is 10.4. The molecule has 0 spiro atoms. The van der Waals surface area contributed by atoms with Crippen LogP contribution in [-0.2, 0) is 34.2 Å². The van der Waals surface area contributed by atoms with E-state index in [2.05, 4.69) is 6.07 Å². The average Bonchev–Trinajstić information content (AvgIpc) is 3.23. The van der Waals surface area contributed by atoms with Gasteiger partial charge in [-0.25, -0.2) is 18.5 Å². The number of primary sulfonamides is 1. The fourth-order valence-electron chi connectivity index (χ4n) is 4.83. The summed E-state index contributed by atoms with van der Waals surface area (Å²) in [6.07, 6.45) is 1.28. The number of nitrogens with two attached hydrogens (primary N) is 1. The number of carbonyl (C=O) groups is 1. The second-order valence-electron chi connectivity index (χ2n) is 9.46. The maximum absolute atomic E-state index is 13.6. The van der Waals surface area contributed by atoms with Gasteiger partial charge in [0, 0.05) is 18.3 Å². The summed E-state index contributed by atoms with van der Waals surface area (Å²) >= 11 is 1.28. The number of anilines is 1. The van der Waals surface area contributed by atoms with Crippen LogP contribution in [-0.4, -0.2) is 35.2 Å². The van der Waals surface area contributed by atoms with Crippen LogP contribution in [0.15, 0.2) is 87.6 Å². The average molecular weight is 549 g/mol. The first-order chi connectivity index (χ1) is 18.1. The van der Waals surface area contributed by atoms with E-state index < -0.39 is 15.3 Å². The minimum absolute atomic E-state index is 0.0278. The standard InChI is InChI=1S/C28H28N4O4S2/c1-18-17-21-7-3-6-10-25(21)32(18)26(33)19(2)37-28-30-24-9-5-4-8-23(24)27(34)31(28)16-15-20-11-13-22(14-12-20)38(29,35)36/h3-14,18-19H,15-17H2,1-2H3,(H2,29,35,36). The first-order valence-corrected chi connectivity index (χ1v) is 14.7. The van der Waals surface area contributed by atoms with Crippen LogP contribution in [0.5, 0.6) is 0 Å². The number of thioether (sulfide) groups is 1. The number of aryl methyl sites for hydroxylation is 1. The van der Waals surface area contributed by atoms with Gasteiger partial charge < -0.3 is 4.90 Å². The SMILES string of the molecule is CC(Sc1nc2ccccc2c(=O)n1CCc1ccc(S(N)(=O)=O)cc1)C(=O)N1c2ccccc2CC1C. The Labute approximate surface area is 225 Å². The highest BCUT2D eigenvalue weighted by molar-refractivity contribution is 8.00. The van der Waals surface area contributed by atoms with Crippen molar-refractivity contribution in [3.05, 3.63) is 94.3 Å². The molecule has 1 aromatic heterocycles. The minimum Gasteiger partial charge on any atom is -0.308 e. The van der Waals surface area contributed by atoms with Gasteiger partial charge in [0.05, 0.1) is 21.0 Å². The zero-order valence-electron chi connectivity index (χ0n) is 21.1. The normalized spacial score (nSPS) is 16.0. The van der Waals surface area contributed by atoms with Crippen molar-refractivity contribution in [2.24, 2.45) is 5.14 Å². The van der Waals surface area contributed by atoms with Crippen molar-refractivity contribution in [2.45, 2.75) is 54.6 Å². The number of amides is 1. The number of sulfonamides is 1. The molecule has 0 aliphatic carbocycles. The van der Waals surface area contributed by atoms with Gasteiger partial charge in [-0.2, -0.15) is 0 Å². The maximum Gasteiger partial charge on any atom is 0.262 e. The molecule has 0 radical (unpaired) electrons. The first kappa shape index (κ1) is 26.1. The fraction of sp³-hybridized carbons (Fsp3) is 0.250. The van der Waals surface area contributed by atoms with Gasteiger partial charge in [0.1, 0.15) is 0 Å². The number of hydrogen-bond donors (Lipinski definition) is 1. The fourth-order valence-corrected chi connectivity index (χ4v) is 6.33. The van der Waals surface area contributed by atoms with E-state index in [1.54, 1.807) is 34.9 Å². The summed E-state index contributed by atoms with van der Waals surface area (Å²) in [6, 6.07) is 21.4. The summed E-state index contributed by atoms with van der Waals surface area (Å²) in [6.45, 7) is 4.20. The van der Waals surface area contributed by atoms with E-state index in [9.17, 15) is 18.0 Å². The maximum atomic E-state index is 13.6. The third kappa shape index (κ3) is 5.11. The van der Waals surface area contributed by atoms with E-state index in [4.69, 9.17) is 10.1 Å². The smallest absolute Gasteiger partial charge is 0.262 e. The monoisotopic (exact) mass is 548 g/mol. The molecule has 0 saturated carbocycles. The quantitative estimate of drug-likeness (QED) is 0.278. The lowest BCUT2D eigenvalue weighted by Crippen LogP contribution is -2.40. The van der Waals surface area contributed by atoms with E-state index in [1.807, 2.05) is 43.0 Å². The van der Waals surface area contributed by atoms with Crippen molar-refractivity contribution in [3.63, 3.8) is 0 Å². The molecule has 0 fully saturated rings. The zero-order valence-corrected chi connectivity index (χ0v) is 22.7. The molecule has 0 bridgehead atoms. The Kier molecular flexibility index (Phi) is 7.13. The van der Waals surface area contributed by atoms with Gasteiger partial charge in [-0.15, -0.1) is 0 Å². The molecule has 0 saturated heterocycles. The summed E-state index contributed by atoms with van der Waals surface area (Å²) in [5, 5.41) is 5.70. The van der Waals surface area contributed by atoms with E-state index >= 15 is 0 Å². The summed E-state index contributed by atoms with van der Waals surface area (Å²) < 4.78 is 24.7. The number of para-hydroxylation sites is 2. The third-order valence-electron chi connectivity index (χ3n) is 6.78. The van der Waals surface area contributed by atoms with E-state index in [0.717, 1.165) is 23.2 Å². The Morgan fingerprint density at radius 3 is 2.50 bits per heavy atom. The lowest BCUT2D eigenvalue weighted by atomic mass is 10.1. The summed E-state index contributed by atoms with van der Waals surface area (Å²) in [5.74, 6) is -0.0278. The number of aromatic nitrogens is 2. The van der Waals surface area contributed by atoms with Crippen molar-refractivity contribution < 1.29 is 13.2 Å². The summed E-state index contributed by atoms with van der Waals surface area (Å²) in [4.78, 5) is 33.8. The topological polar surface area (TPSA) is 115 Å². The third-order valence-corrected chi connectivity index (χ3v) is 8.78. The van der Waals surface area contributed by atoms with Crippen molar-refractivity contribution in [2.75, 3.05) is 4.90 Å². The molecule has 2 unspecified atom stereocenters. The predicted octanol–water partition coefficient (Wildman–Crippen LogP) is 3.75. The highest BCUT2D eigenvalue weighted by Gasteiger charge is 2.34. The molecule has 196 valence electrons. The van der Waals surface area contributed by atoms with Crippen LogP contribution < -0.4 is 15.6 Å². The number of nitrogens with zero attached hydrogens (tertiary/aromatic N) is 3. The highest BCUT2D eigenvalue weighted by atomic mass is 32.2. The molecule has 2 N–H and O–H groups in total. The van der Waals surface area contributed by atoms with Crippen LogP contribution in [0.1, 0.15) is 25.0 Å². The van der Waals surface area contributed by atoms with Gasteiger partial charge in [0.25, 0.3) is 5.56 Å². The molecule has 5 rings (SSSR count).